The van der Waals surface area contributed by atoms with Gasteiger partial charge in [0.2, 0.25) is 0 Å². The van der Waals surface area contributed by atoms with E-state index in [4.69, 9.17) is 9.98 Å². The van der Waals surface area contributed by atoms with Crippen molar-refractivity contribution < 1.29 is 0 Å². The third-order valence-electron chi connectivity index (χ3n) is 3.91. The van der Waals surface area contributed by atoms with E-state index in [-0.39, 0.29) is 12.1 Å². The molecule has 2 atom stereocenters. The molecule has 2 aliphatic rings. The number of hydrogen-bond acceptors (Lipinski definition) is 2. The van der Waals surface area contributed by atoms with E-state index in [1.54, 1.807) is 0 Å². The number of rotatable bonds is 0. The van der Waals surface area contributed by atoms with Gasteiger partial charge in [-0.05, 0) is 29.2 Å². The molecule has 2 aromatic carbocycles. The lowest BCUT2D eigenvalue weighted by molar-refractivity contribution is 0.570. The third kappa shape index (κ3) is 1.49. The first kappa shape index (κ1) is 10.7. The summed E-state index contributed by atoms with van der Waals surface area (Å²) in [5, 5.41) is 0. The fraction of sp³-hybridized carbons (Fsp3) is 0.176. The molecule has 1 heterocycles. The fourth-order valence-corrected chi connectivity index (χ4v) is 3.08. The minimum atomic E-state index is 0.134. The number of benzene rings is 2. The number of fused-ring (bicyclic) bond motifs is 6. The second-order valence-corrected chi connectivity index (χ2v) is 5.11. The number of aliphatic imine (C=N–C) groups is 2. The van der Waals surface area contributed by atoms with Gasteiger partial charge in [0.05, 0.1) is 5.71 Å². The summed E-state index contributed by atoms with van der Waals surface area (Å²) < 4.78 is 0. The molecule has 0 saturated carbocycles. The molecule has 2 aromatic rings. The summed E-state index contributed by atoms with van der Waals surface area (Å²) in [6.45, 7) is 2.02. The molecule has 2 nitrogen and oxygen atoms in total. The largest absolute Gasteiger partial charge is 0.281 e. The van der Waals surface area contributed by atoms with Crippen molar-refractivity contribution >= 4 is 11.9 Å². The van der Waals surface area contributed by atoms with Gasteiger partial charge in [-0.1, -0.05) is 48.5 Å². The smallest absolute Gasteiger partial charge is 0.102 e. The summed E-state index contributed by atoms with van der Waals surface area (Å²) in [6, 6.07) is 17.4. The lowest BCUT2D eigenvalue weighted by atomic mass is 9.79. The van der Waals surface area contributed by atoms with Crippen LogP contribution >= 0.6 is 0 Å². The summed E-state index contributed by atoms with van der Waals surface area (Å²) in [7, 11) is 0. The topological polar surface area (TPSA) is 24.7 Å². The molecule has 2 heteroatoms. The molecule has 0 aromatic heterocycles. The monoisotopic (exact) mass is 246 g/mol. The van der Waals surface area contributed by atoms with Crippen LogP contribution < -0.4 is 0 Å². The molecule has 0 amide bonds. The molecule has 0 bridgehead atoms. The average molecular weight is 246 g/mol. The van der Waals surface area contributed by atoms with E-state index in [1.807, 2.05) is 13.1 Å². The van der Waals surface area contributed by atoms with Gasteiger partial charge in [0.1, 0.15) is 12.1 Å². The first-order chi connectivity index (χ1) is 9.34. The highest BCUT2D eigenvalue weighted by Crippen LogP contribution is 2.48. The Bertz CT molecular complexity index is 713. The predicted molar refractivity (Wildman–Crippen MR) is 79.0 cm³/mol. The maximum absolute atomic E-state index is 4.81. The highest BCUT2D eigenvalue weighted by molar-refractivity contribution is 6.30. The SMILES string of the molecule is CC1=NC2c3ccccc3-c3ccccc3C2N=C1. The Morgan fingerprint density at radius 1 is 0.789 bits per heavy atom. The standard InChI is InChI=1S/C17H14N2/c1-11-10-18-16-14-8-4-2-6-12(14)13-7-3-5-9-15(13)17(16)19-11/h2-10,16-17H,1H3. The van der Waals surface area contributed by atoms with Gasteiger partial charge in [-0.15, -0.1) is 0 Å². The fourth-order valence-electron chi connectivity index (χ4n) is 3.08. The van der Waals surface area contributed by atoms with E-state index in [2.05, 4.69) is 48.5 Å². The average Bonchev–Trinajstić information content (AvgIpc) is 2.47. The summed E-state index contributed by atoms with van der Waals surface area (Å²) in [5.74, 6) is 0. The van der Waals surface area contributed by atoms with Gasteiger partial charge in [-0.25, -0.2) is 0 Å². The van der Waals surface area contributed by atoms with E-state index < -0.39 is 0 Å². The highest BCUT2D eigenvalue weighted by atomic mass is 15.0. The predicted octanol–water partition coefficient (Wildman–Crippen LogP) is 3.99. The Hall–Kier alpha value is -2.22. The van der Waals surface area contributed by atoms with Gasteiger partial charge in [0.25, 0.3) is 0 Å². The Morgan fingerprint density at radius 3 is 2.05 bits per heavy atom. The number of hydrogen-bond donors (Lipinski definition) is 0. The van der Waals surface area contributed by atoms with Crippen molar-refractivity contribution in [3.8, 4) is 11.1 Å². The lowest BCUT2D eigenvalue weighted by Gasteiger charge is -2.32. The van der Waals surface area contributed by atoms with Gasteiger partial charge in [-0.3, -0.25) is 9.98 Å². The van der Waals surface area contributed by atoms with Gasteiger partial charge in [0.15, 0.2) is 0 Å². The normalized spacial score (nSPS) is 23.1. The van der Waals surface area contributed by atoms with E-state index in [0.717, 1.165) is 5.71 Å². The van der Waals surface area contributed by atoms with Crippen molar-refractivity contribution in [2.75, 3.05) is 0 Å². The third-order valence-corrected chi connectivity index (χ3v) is 3.91. The van der Waals surface area contributed by atoms with Crippen LogP contribution in [-0.4, -0.2) is 11.9 Å². The minimum Gasteiger partial charge on any atom is -0.281 e. The molecule has 92 valence electrons. The zero-order valence-corrected chi connectivity index (χ0v) is 10.7. The summed E-state index contributed by atoms with van der Waals surface area (Å²) in [4.78, 5) is 9.53. The van der Waals surface area contributed by atoms with Crippen LogP contribution in [0.25, 0.3) is 11.1 Å². The number of nitrogens with zero attached hydrogens (tertiary/aromatic N) is 2. The van der Waals surface area contributed by atoms with Crippen LogP contribution in [0.2, 0.25) is 0 Å². The molecule has 0 saturated heterocycles. The molecule has 0 spiro atoms. The van der Waals surface area contributed by atoms with Crippen molar-refractivity contribution in [2.45, 2.75) is 19.0 Å². The molecule has 0 fully saturated rings. The van der Waals surface area contributed by atoms with Crippen molar-refractivity contribution in [3.05, 3.63) is 59.7 Å². The maximum atomic E-state index is 4.81. The molecular formula is C17H14N2. The summed E-state index contributed by atoms with van der Waals surface area (Å²) >= 11 is 0. The van der Waals surface area contributed by atoms with Gasteiger partial charge in [0, 0.05) is 6.21 Å². The van der Waals surface area contributed by atoms with Crippen molar-refractivity contribution in [1.82, 2.24) is 0 Å². The lowest BCUT2D eigenvalue weighted by Crippen LogP contribution is -2.20. The Balaban J connectivity index is 2.03. The summed E-state index contributed by atoms with van der Waals surface area (Å²) in [6.07, 6.45) is 1.89. The minimum absolute atomic E-state index is 0.134. The zero-order valence-electron chi connectivity index (χ0n) is 10.7. The van der Waals surface area contributed by atoms with Crippen molar-refractivity contribution in [3.63, 3.8) is 0 Å². The van der Waals surface area contributed by atoms with Crippen LogP contribution in [0.1, 0.15) is 30.1 Å². The van der Waals surface area contributed by atoms with Crippen molar-refractivity contribution in [1.29, 1.82) is 0 Å². The van der Waals surface area contributed by atoms with Crippen LogP contribution in [0.4, 0.5) is 0 Å². The first-order valence-electron chi connectivity index (χ1n) is 6.60. The van der Waals surface area contributed by atoms with E-state index in [0.29, 0.717) is 0 Å². The molecule has 0 radical (unpaired) electrons. The quantitative estimate of drug-likeness (QED) is 0.671. The Kier molecular flexibility index (Phi) is 2.18. The molecular weight excluding hydrogens is 232 g/mol. The van der Waals surface area contributed by atoms with Crippen LogP contribution in [0.5, 0.6) is 0 Å². The van der Waals surface area contributed by atoms with Crippen LogP contribution in [0, 0.1) is 0 Å². The first-order valence-corrected chi connectivity index (χ1v) is 6.60. The Labute approximate surface area is 112 Å². The maximum Gasteiger partial charge on any atom is 0.102 e. The van der Waals surface area contributed by atoms with Crippen LogP contribution in [0.3, 0.4) is 0 Å². The van der Waals surface area contributed by atoms with Crippen LogP contribution in [-0.2, 0) is 0 Å². The van der Waals surface area contributed by atoms with Gasteiger partial charge >= 0.3 is 0 Å². The second kappa shape index (κ2) is 3.89. The molecule has 1 aliphatic heterocycles. The zero-order chi connectivity index (χ0) is 12.8. The highest BCUT2D eigenvalue weighted by Gasteiger charge is 2.33. The molecule has 0 N–H and O–H groups in total. The van der Waals surface area contributed by atoms with E-state index in [1.165, 1.54) is 22.3 Å². The second-order valence-electron chi connectivity index (χ2n) is 5.11. The molecule has 4 rings (SSSR count). The van der Waals surface area contributed by atoms with E-state index >= 15 is 0 Å². The van der Waals surface area contributed by atoms with Gasteiger partial charge < -0.3 is 0 Å². The van der Waals surface area contributed by atoms with E-state index in [9.17, 15) is 0 Å². The summed E-state index contributed by atoms with van der Waals surface area (Å²) in [5.41, 5.74) is 6.19. The van der Waals surface area contributed by atoms with Crippen molar-refractivity contribution in [2.24, 2.45) is 9.98 Å². The molecule has 2 unspecified atom stereocenters. The molecule has 1 aliphatic carbocycles. The Morgan fingerprint density at radius 2 is 1.37 bits per heavy atom. The van der Waals surface area contributed by atoms with Crippen LogP contribution in [0.15, 0.2) is 58.5 Å². The molecule has 19 heavy (non-hydrogen) atoms. The van der Waals surface area contributed by atoms with Gasteiger partial charge in [-0.2, -0.15) is 0 Å².